The molecular formula is C19H16N6O7S2. The highest BCUT2D eigenvalue weighted by atomic mass is 32.2. The van der Waals surface area contributed by atoms with Gasteiger partial charge in [-0.2, -0.15) is 9.36 Å². The SMILES string of the molecule is Nc1nc(C(=NOC(C(=O)O)c2ccccc2)C(=O)NC2C(=O)N3C=C(C(=O)O)CS[C@H]23)ns1. The van der Waals surface area contributed by atoms with Gasteiger partial charge in [-0.25, -0.2) is 9.59 Å². The number of nitrogen functional groups attached to an aromatic ring is 1. The number of benzene rings is 1. The van der Waals surface area contributed by atoms with E-state index in [9.17, 15) is 24.3 Å². The molecule has 2 amide bonds. The van der Waals surface area contributed by atoms with Crippen LogP contribution in [0.5, 0.6) is 0 Å². The summed E-state index contributed by atoms with van der Waals surface area (Å²) in [7, 11) is 0. The Morgan fingerprint density at radius 1 is 1.26 bits per heavy atom. The Hall–Kier alpha value is -3.98. The lowest BCUT2D eigenvalue weighted by Crippen LogP contribution is -2.69. The van der Waals surface area contributed by atoms with Crippen molar-refractivity contribution in [3.8, 4) is 0 Å². The monoisotopic (exact) mass is 504 g/mol. The predicted molar refractivity (Wildman–Crippen MR) is 120 cm³/mol. The molecule has 1 aromatic heterocycles. The second-order valence-electron chi connectivity index (χ2n) is 6.99. The normalized spacial score (nSPS) is 20.5. The molecule has 176 valence electrons. The van der Waals surface area contributed by atoms with Crippen LogP contribution in [0.4, 0.5) is 5.13 Å². The van der Waals surface area contributed by atoms with E-state index in [2.05, 4.69) is 19.8 Å². The number of β-lactam (4-membered cyclic amide) rings is 1. The quantitative estimate of drug-likeness (QED) is 0.215. The van der Waals surface area contributed by atoms with Crippen LogP contribution in [-0.2, 0) is 24.0 Å². The van der Waals surface area contributed by atoms with Gasteiger partial charge in [-0.1, -0.05) is 35.5 Å². The number of carbonyl (C=O) groups is 4. The van der Waals surface area contributed by atoms with Crippen LogP contribution >= 0.6 is 23.3 Å². The fraction of sp³-hybridized carbons (Fsp3) is 0.211. The molecule has 2 unspecified atom stereocenters. The van der Waals surface area contributed by atoms with Crippen molar-refractivity contribution in [1.82, 2.24) is 19.6 Å². The lowest BCUT2D eigenvalue weighted by molar-refractivity contribution is -0.151. The molecule has 0 aliphatic carbocycles. The summed E-state index contributed by atoms with van der Waals surface area (Å²) >= 11 is 1.97. The number of hydrogen-bond acceptors (Lipinski definition) is 11. The largest absolute Gasteiger partial charge is 0.478 e. The molecule has 2 aromatic rings. The number of hydrogen-bond donors (Lipinski definition) is 4. The molecule has 5 N–H and O–H groups in total. The Bertz CT molecular complexity index is 1210. The van der Waals surface area contributed by atoms with Gasteiger partial charge in [-0.15, -0.1) is 11.8 Å². The van der Waals surface area contributed by atoms with Gasteiger partial charge in [0.1, 0.15) is 11.4 Å². The van der Waals surface area contributed by atoms with Crippen LogP contribution in [0.2, 0.25) is 0 Å². The highest BCUT2D eigenvalue weighted by Gasteiger charge is 2.50. The number of nitrogens with two attached hydrogens (primary N) is 1. The van der Waals surface area contributed by atoms with Crippen molar-refractivity contribution < 1.29 is 34.2 Å². The third-order valence-corrected chi connectivity index (χ3v) is 6.65. The van der Waals surface area contributed by atoms with Crippen molar-refractivity contribution in [1.29, 1.82) is 0 Å². The summed E-state index contributed by atoms with van der Waals surface area (Å²) in [5.41, 5.74) is 5.49. The van der Waals surface area contributed by atoms with Crippen molar-refractivity contribution >= 4 is 57.9 Å². The third kappa shape index (κ3) is 4.55. The van der Waals surface area contributed by atoms with E-state index in [0.717, 1.165) is 11.5 Å². The van der Waals surface area contributed by atoms with Gasteiger partial charge in [-0.3, -0.25) is 9.59 Å². The summed E-state index contributed by atoms with van der Waals surface area (Å²) in [6.07, 6.45) is -0.277. The number of nitrogens with zero attached hydrogens (tertiary/aromatic N) is 4. The molecule has 4 rings (SSSR count). The van der Waals surface area contributed by atoms with E-state index in [1.165, 1.54) is 35.0 Å². The first-order valence-electron chi connectivity index (χ1n) is 9.56. The fourth-order valence-corrected chi connectivity index (χ4v) is 4.82. The van der Waals surface area contributed by atoms with Gasteiger partial charge in [-0.05, 0) is 0 Å². The van der Waals surface area contributed by atoms with Crippen LogP contribution in [0.15, 0.2) is 47.3 Å². The smallest absolute Gasteiger partial charge is 0.352 e. The molecule has 0 spiro atoms. The molecule has 3 atom stereocenters. The Labute approximate surface area is 199 Å². The lowest BCUT2D eigenvalue weighted by atomic mass is 10.1. The molecular weight excluding hydrogens is 488 g/mol. The van der Waals surface area contributed by atoms with Gasteiger partial charge >= 0.3 is 11.9 Å². The van der Waals surface area contributed by atoms with Gasteiger partial charge in [0, 0.05) is 29.0 Å². The molecule has 1 fully saturated rings. The number of aromatic nitrogens is 2. The van der Waals surface area contributed by atoms with Crippen molar-refractivity contribution in [3.63, 3.8) is 0 Å². The molecule has 1 aromatic carbocycles. The Kier molecular flexibility index (Phi) is 6.47. The minimum atomic E-state index is -1.52. The van der Waals surface area contributed by atoms with Crippen LogP contribution in [-0.4, -0.2) is 71.1 Å². The van der Waals surface area contributed by atoms with Gasteiger partial charge in [0.2, 0.25) is 17.6 Å². The summed E-state index contributed by atoms with van der Waals surface area (Å²) in [5.74, 6) is -3.92. The fourth-order valence-electron chi connectivity index (χ4n) is 3.14. The maximum atomic E-state index is 13.0. The second kappa shape index (κ2) is 9.48. The van der Waals surface area contributed by atoms with Gasteiger partial charge in [0.25, 0.3) is 11.8 Å². The zero-order valence-corrected chi connectivity index (χ0v) is 18.7. The molecule has 2 aliphatic rings. The number of carboxylic acids is 2. The number of aliphatic carboxylic acids is 2. The topological polar surface area (TPSA) is 197 Å². The standard InChI is InChI=1S/C19H16N6O7S2/c20-19-22-13(24-34-19)10(23-32-12(18(30)31)8-4-2-1-3-5-8)14(26)21-11-15(27)25-6-9(17(28)29)7-33-16(11)25/h1-6,11-12,16H,7H2,(H,21,26)(H,28,29)(H,30,31)(H2,20,22,24)/t11?,12?,16-/m1/s1. The molecule has 1 saturated heterocycles. The first-order valence-corrected chi connectivity index (χ1v) is 11.4. The molecule has 13 nitrogen and oxygen atoms in total. The van der Waals surface area contributed by atoms with Crippen LogP contribution in [0.25, 0.3) is 0 Å². The minimum absolute atomic E-state index is 0.0356. The summed E-state index contributed by atoms with van der Waals surface area (Å²) in [5, 5.41) is 24.4. The number of rotatable bonds is 8. The first kappa shape index (κ1) is 23.2. The number of thioether (sulfide) groups is 1. The molecule has 0 radical (unpaired) electrons. The van der Waals surface area contributed by atoms with Gasteiger partial charge in [0.05, 0.1) is 5.57 Å². The van der Waals surface area contributed by atoms with E-state index in [1.807, 2.05) is 0 Å². The minimum Gasteiger partial charge on any atom is -0.478 e. The van der Waals surface area contributed by atoms with E-state index >= 15 is 0 Å². The maximum absolute atomic E-state index is 13.0. The van der Waals surface area contributed by atoms with Crippen LogP contribution in [0, 0.1) is 0 Å². The number of nitrogens with one attached hydrogen (secondary N) is 1. The van der Waals surface area contributed by atoms with Crippen molar-refractivity contribution in [2.75, 3.05) is 11.5 Å². The predicted octanol–water partition coefficient (Wildman–Crippen LogP) is 0.0353. The van der Waals surface area contributed by atoms with Crippen molar-refractivity contribution in [3.05, 3.63) is 53.5 Å². The summed E-state index contributed by atoms with van der Waals surface area (Å²) in [4.78, 5) is 58.6. The average Bonchev–Trinajstić information content (AvgIpc) is 3.25. The summed E-state index contributed by atoms with van der Waals surface area (Å²) in [6, 6.07) is 7.02. The molecule has 0 bridgehead atoms. The third-order valence-electron chi connectivity index (χ3n) is 4.79. The highest BCUT2D eigenvalue weighted by Crippen LogP contribution is 2.36. The van der Waals surface area contributed by atoms with Crippen molar-refractivity contribution in [2.24, 2.45) is 5.16 Å². The van der Waals surface area contributed by atoms with E-state index in [-0.39, 0.29) is 27.8 Å². The molecule has 3 heterocycles. The lowest BCUT2D eigenvalue weighted by Gasteiger charge is -2.46. The van der Waals surface area contributed by atoms with Crippen molar-refractivity contribution in [2.45, 2.75) is 17.5 Å². The summed E-state index contributed by atoms with van der Waals surface area (Å²) < 4.78 is 3.92. The number of carbonyl (C=O) groups excluding carboxylic acids is 2. The molecule has 0 saturated carbocycles. The second-order valence-corrected chi connectivity index (χ2v) is 8.88. The zero-order valence-electron chi connectivity index (χ0n) is 17.0. The van der Waals surface area contributed by atoms with Crippen LogP contribution < -0.4 is 11.1 Å². The van der Waals surface area contributed by atoms with E-state index in [4.69, 9.17) is 15.7 Å². The number of anilines is 1. The Morgan fingerprint density at radius 2 is 2.00 bits per heavy atom. The Balaban J connectivity index is 1.55. The first-order chi connectivity index (χ1) is 16.3. The number of carboxylic acid groups (broad SMARTS) is 2. The van der Waals surface area contributed by atoms with Gasteiger partial charge in [0.15, 0.2) is 5.13 Å². The van der Waals surface area contributed by atoms with Gasteiger partial charge < -0.3 is 31.0 Å². The van der Waals surface area contributed by atoms with E-state index < -0.39 is 47.0 Å². The Morgan fingerprint density at radius 3 is 2.62 bits per heavy atom. The van der Waals surface area contributed by atoms with E-state index in [1.54, 1.807) is 18.2 Å². The summed E-state index contributed by atoms with van der Waals surface area (Å²) in [6.45, 7) is 0. The number of fused-ring (bicyclic) bond motifs is 1. The average molecular weight is 505 g/mol. The molecule has 2 aliphatic heterocycles. The molecule has 15 heteroatoms. The maximum Gasteiger partial charge on any atom is 0.352 e. The number of amides is 2. The zero-order chi connectivity index (χ0) is 24.4. The highest BCUT2D eigenvalue weighted by molar-refractivity contribution is 8.00. The van der Waals surface area contributed by atoms with Crippen LogP contribution in [0.3, 0.4) is 0 Å². The molecule has 34 heavy (non-hydrogen) atoms. The van der Waals surface area contributed by atoms with E-state index in [0.29, 0.717) is 0 Å². The number of oxime groups is 1. The van der Waals surface area contributed by atoms with Crippen LogP contribution in [0.1, 0.15) is 17.5 Å².